The summed E-state index contributed by atoms with van der Waals surface area (Å²) in [6, 6.07) is 7.28. The number of carboxylic acid groups (broad SMARTS) is 1. The van der Waals surface area contributed by atoms with Gasteiger partial charge in [-0.3, -0.25) is 9.59 Å². The Morgan fingerprint density at radius 3 is 2.17 bits per heavy atom. The third kappa shape index (κ3) is 4.20. The van der Waals surface area contributed by atoms with Crippen LogP contribution in [0.5, 0.6) is 0 Å². The highest BCUT2D eigenvalue weighted by Crippen LogP contribution is 2.14. The second-order valence-electron chi connectivity index (χ2n) is 4.78. The number of benzene rings is 1. The van der Waals surface area contributed by atoms with Gasteiger partial charge in [-0.15, -0.1) is 0 Å². The van der Waals surface area contributed by atoms with Crippen LogP contribution < -0.4 is 5.32 Å². The monoisotopic (exact) mass is 249 g/mol. The smallest absolute Gasteiger partial charge is 0.306 e. The standard InChI is InChI=1S/C14H19NO3/c1-9(2)13(16)15-12-6-4-11(5-7-12)8-10(3)14(17)18/h4-7,9-10H,8H2,1-3H3,(H,15,16)(H,17,18). The van der Waals surface area contributed by atoms with Crippen LogP contribution in [0.1, 0.15) is 26.3 Å². The van der Waals surface area contributed by atoms with Gasteiger partial charge in [-0.25, -0.2) is 0 Å². The van der Waals surface area contributed by atoms with Crippen LogP contribution in [-0.4, -0.2) is 17.0 Å². The van der Waals surface area contributed by atoms with E-state index in [4.69, 9.17) is 5.11 Å². The number of amides is 1. The molecule has 4 heteroatoms. The van der Waals surface area contributed by atoms with Gasteiger partial charge >= 0.3 is 5.97 Å². The SMILES string of the molecule is CC(C)C(=O)Nc1ccc(CC(C)C(=O)O)cc1. The zero-order chi connectivity index (χ0) is 13.7. The van der Waals surface area contributed by atoms with Crippen LogP contribution in [0.15, 0.2) is 24.3 Å². The van der Waals surface area contributed by atoms with Crippen molar-refractivity contribution in [3.8, 4) is 0 Å². The Balaban J connectivity index is 2.63. The molecule has 0 aliphatic rings. The molecule has 1 rings (SSSR count). The van der Waals surface area contributed by atoms with Gasteiger partial charge < -0.3 is 10.4 Å². The number of hydrogen-bond acceptors (Lipinski definition) is 2. The van der Waals surface area contributed by atoms with Crippen LogP contribution >= 0.6 is 0 Å². The summed E-state index contributed by atoms with van der Waals surface area (Å²) in [5.41, 5.74) is 1.69. The minimum Gasteiger partial charge on any atom is -0.481 e. The molecule has 0 heterocycles. The normalized spacial score (nSPS) is 12.2. The number of nitrogens with one attached hydrogen (secondary N) is 1. The lowest BCUT2D eigenvalue weighted by Crippen LogP contribution is -2.17. The van der Waals surface area contributed by atoms with E-state index in [1.165, 1.54) is 0 Å². The van der Waals surface area contributed by atoms with E-state index in [0.717, 1.165) is 11.3 Å². The quantitative estimate of drug-likeness (QED) is 0.842. The molecule has 2 N–H and O–H groups in total. The zero-order valence-corrected chi connectivity index (χ0v) is 10.9. The van der Waals surface area contributed by atoms with Gasteiger partial charge in [0.2, 0.25) is 5.91 Å². The molecule has 1 unspecified atom stereocenters. The molecule has 0 bridgehead atoms. The maximum atomic E-state index is 11.5. The maximum absolute atomic E-state index is 11.5. The summed E-state index contributed by atoms with van der Waals surface area (Å²) in [5, 5.41) is 11.6. The minimum absolute atomic E-state index is 0.0262. The Morgan fingerprint density at radius 1 is 1.17 bits per heavy atom. The van der Waals surface area contributed by atoms with E-state index in [2.05, 4.69) is 5.32 Å². The van der Waals surface area contributed by atoms with Crippen LogP contribution in [0.4, 0.5) is 5.69 Å². The van der Waals surface area contributed by atoms with Crippen molar-refractivity contribution in [3.63, 3.8) is 0 Å². The van der Waals surface area contributed by atoms with E-state index in [1.807, 2.05) is 26.0 Å². The molecule has 4 nitrogen and oxygen atoms in total. The first-order chi connectivity index (χ1) is 8.40. The van der Waals surface area contributed by atoms with Gasteiger partial charge in [-0.2, -0.15) is 0 Å². The predicted octanol–water partition coefficient (Wildman–Crippen LogP) is 2.54. The minimum atomic E-state index is -0.799. The van der Waals surface area contributed by atoms with Crippen LogP contribution in [0.2, 0.25) is 0 Å². The number of carbonyl (C=O) groups excluding carboxylic acids is 1. The Hall–Kier alpha value is -1.84. The molecular formula is C14H19NO3. The second-order valence-corrected chi connectivity index (χ2v) is 4.78. The third-order valence-corrected chi connectivity index (χ3v) is 2.71. The number of aliphatic carboxylic acids is 1. The van der Waals surface area contributed by atoms with Crippen LogP contribution in [0.3, 0.4) is 0 Å². The fraction of sp³-hybridized carbons (Fsp3) is 0.429. The Bertz CT molecular complexity index is 423. The number of carboxylic acids is 1. The molecule has 0 aromatic heterocycles. The van der Waals surface area contributed by atoms with Gasteiger partial charge in [0, 0.05) is 11.6 Å². The van der Waals surface area contributed by atoms with E-state index >= 15 is 0 Å². The van der Waals surface area contributed by atoms with Gasteiger partial charge in [0.25, 0.3) is 0 Å². The summed E-state index contributed by atoms with van der Waals surface area (Å²) in [5.74, 6) is -1.29. The molecule has 1 aromatic carbocycles. The highest BCUT2D eigenvalue weighted by atomic mass is 16.4. The van der Waals surface area contributed by atoms with Crippen molar-refractivity contribution in [2.75, 3.05) is 5.32 Å². The van der Waals surface area contributed by atoms with Gasteiger partial charge in [0.05, 0.1) is 5.92 Å². The summed E-state index contributed by atoms with van der Waals surface area (Å²) < 4.78 is 0. The summed E-state index contributed by atoms with van der Waals surface area (Å²) in [4.78, 5) is 22.2. The third-order valence-electron chi connectivity index (χ3n) is 2.71. The highest BCUT2D eigenvalue weighted by molar-refractivity contribution is 5.92. The molecule has 1 amide bonds. The lowest BCUT2D eigenvalue weighted by atomic mass is 10.0. The molecule has 0 aliphatic carbocycles. The van der Waals surface area contributed by atoms with Crippen molar-refractivity contribution in [2.24, 2.45) is 11.8 Å². The molecule has 0 saturated carbocycles. The lowest BCUT2D eigenvalue weighted by Gasteiger charge is -2.09. The van der Waals surface area contributed by atoms with Crippen LogP contribution in [0.25, 0.3) is 0 Å². The Morgan fingerprint density at radius 2 is 1.72 bits per heavy atom. The fourth-order valence-electron chi connectivity index (χ4n) is 1.45. The number of rotatable bonds is 5. The molecule has 0 radical (unpaired) electrons. The second kappa shape index (κ2) is 6.19. The van der Waals surface area contributed by atoms with Crippen molar-refractivity contribution >= 4 is 17.6 Å². The molecule has 1 atom stereocenters. The number of carbonyl (C=O) groups is 2. The zero-order valence-electron chi connectivity index (χ0n) is 10.9. The van der Waals surface area contributed by atoms with E-state index in [0.29, 0.717) is 6.42 Å². The molecular weight excluding hydrogens is 230 g/mol. The topological polar surface area (TPSA) is 66.4 Å². The predicted molar refractivity (Wildman–Crippen MR) is 70.4 cm³/mol. The molecule has 0 aliphatic heterocycles. The van der Waals surface area contributed by atoms with Gasteiger partial charge in [0.15, 0.2) is 0 Å². The Labute approximate surface area is 107 Å². The summed E-state index contributed by atoms with van der Waals surface area (Å²) in [6.07, 6.45) is 0.494. The molecule has 0 saturated heterocycles. The summed E-state index contributed by atoms with van der Waals surface area (Å²) in [7, 11) is 0. The average Bonchev–Trinajstić information content (AvgIpc) is 2.31. The van der Waals surface area contributed by atoms with Gasteiger partial charge in [0.1, 0.15) is 0 Å². The van der Waals surface area contributed by atoms with E-state index in [-0.39, 0.29) is 11.8 Å². The molecule has 98 valence electrons. The molecule has 18 heavy (non-hydrogen) atoms. The van der Waals surface area contributed by atoms with Crippen molar-refractivity contribution < 1.29 is 14.7 Å². The largest absolute Gasteiger partial charge is 0.481 e. The Kier molecular flexibility index (Phi) is 4.89. The molecule has 0 fully saturated rings. The molecule has 0 spiro atoms. The van der Waals surface area contributed by atoms with Gasteiger partial charge in [-0.1, -0.05) is 32.9 Å². The lowest BCUT2D eigenvalue weighted by molar-refractivity contribution is -0.141. The highest BCUT2D eigenvalue weighted by Gasteiger charge is 2.11. The summed E-state index contributed by atoms with van der Waals surface area (Å²) >= 11 is 0. The maximum Gasteiger partial charge on any atom is 0.306 e. The first-order valence-corrected chi connectivity index (χ1v) is 6.02. The van der Waals surface area contributed by atoms with E-state index in [1.54, 1.807) is 19.1 Å². The van der Waals surface area contributed by atoms with Crippen molar-refractivity contribution in [2.45, 2.75) is 27.2 Å². The van der Waals surface area contributed by atoms with Crippen LogP contribution in [0, 0.1) is 11.8 Å². The average molecular weight is 249 g/mol. The summed E-state index contributed by atoms with van der Waals surface area (Å²) in [6.45, 7) is 5.34. The van der Waals surface area contributed by atoms with Gasteiger partial charge in [-0.05, 0) is 24.1 Å². The molecule has 1 aromatic rings. The first kappa shape index (κ1) is 14.2. The van der Waals surface area contributed by atoms with Crippen molar-refractivity contribution in [3.05, 3.63) is 29.8 Å². The first-order valence-electron chi connectivity index (χ1n) is 6.02. The fourth-order valence-corrected chi connectivity index (χ4v) is 1.45. The van der Waals surface area contributed by atoms with E-state index in [9.17, 15) is 9.59 Å². The van der Waals surface area contributed by atoms with Crippen molar-refractivity contribution in [1.82, 2.24) is 0 Å². The van der Waals surface area contributed by atoms with Crippen LogP contribution in [-0.2, 0) is 16.0 Å². The van der Waals surface area contributed by atoms with Crippen molar-refractivity contribution in [1.29, 1.82) is 0 Å². The number of anilines is 1. The number of hydrogen-bond donors (Lipinski definition) is 2. The van der Waals surface area contributed by atoms with E-state index < -0.39 is 11.9 Å².